The molecule has 16 heavy (non-hydrogen) atoms. The van der Waals surface area contributed by atoms with Crippen LogP contribution in [0.3, 0.4) is 0 Å². The standard InChI is InChI=1S/C12H15FN2O/c1-2-8-3-4-9(7-10(8)13)15-11(16)12(14)5-6-12/h3-4,7H,2,5-6,14H2,1H3,(H,15,16). The lowest BCUT2D eigenvalue weighted by atomic mass is 10.1. The lowest BCUT2D eigenvalue weighted by molar-refractivity contribution is -0.118. The first-order valence-corrected chi connectivity index (χ1v) is 5.44. The van der Waals surface area contributed by atoms with E-state index in [9.17, 15) is 9.18 Å². The average molecular weight is 222 g/mol. The molecule has 4 heteroatoms. The molecule has 0 saturated heterocycles. The van der Waals surface area contributed by atoms with E-state index in [1.807, 2.05) is 6.92 Å². The monoisotopic (exact) mass is 222 g/mol. The summed E-state index contributed by atoms with van der Waals surface area (Å²) in [7, 11) is 0. The molecule has 0 aliphatic heterocycles. The van der Waals surface area contributed by atoms with Crippen molar-refractivity contribution < 1.29 is 9.18 Å². The van der Waals surface area contributed by atoms with Gasteiger partial charge in [-0.15, -0.1) is 0 Å². The fourth-order valence-electron chi connectivity index (χ4n) is 1.53. The van der Waals surface area contributed by atoms with Crippen molar-refractivity contribution in [1.29, 1.82) is 0 Å². The summed E-state index contributed by atoms with van der Waals surface area (Å²) in [4.78, 5) is 11.6. The molecule has 0 bridgehead atoms. The second kappa shape index (κ2) is 3.87. The summed E-state index contributed by atoms with van der Waals surface area (Å²) in [5.41, 5.74) is 6.12. The first-order chi connectivity index (χ1) is 7.55. The Morgan fingerprint density at radius 2 is 2.25 bits per heavy atom. The number of halogens is 1. The van der Waals surface area contributed by atoms with Gasteiger partial charge >= 0.3 is 0 Å². The number of nitrogens with two attached hydrogens (primary N) is 1. The summed E-state index contributed by atoms with van der Waals surface area (Å²) >= 11 is 0. The highest BCUT2D eigenvalue weighted by Gasteiger charge is 2.45. The van der Waals surface area contributed by atoms with Gasteiger partial charge in [-0.25, -0.2) is 4.39 Å². The molecule has 0 heterocycles. The van der Waals surface area contributed by atoms with Crippen molar-refractivity contribution in [3.05, 3.63) is 29.6 Å². The molecule has 3 N–H and O–H groups in total. The van der Waals surface area contributed by atoms with Crippen molar-refractivity contribution in [1.82, 2.24) is 0 Å². The zero-order valence-corrected chi connectivity index (χ0v) is 9.22. The minimum absolute atomic E-state index is 0.226. The maximum absolute atomic E-state index is 13.4. The highest BCUT2D eigenvalue weighted by Crippen LogP contribution is 2.33. The molecule has 1 aromatic carbocycles. The van der Waals surface area contributed by atoms with Crippen LogP contribution in [0.4, 0.5) is 10.1 Å². The third kappa shape index (κ3) is 2.07. The van der Waals surface area contributed by atoms with Crippen LogP contribution in [0.5, 0.6) is 0 Å². The number of carbonyl (C=O) groups is 1. The first-order valence-electron chi connectivity index (χ1n) is 5.44. The van der Waals surface area contributed by atoms with E-state index in [0.717, 1.165) is 0 Å². The van der Waals surface area contributed by atoms with Gasteiger partial charge in [0.25, 0.3) is 0 Å². The molecule has 1 aromatic rings. The van der Waals surface area contributed by atoms with E-state index in [-0.39, 0.29) is 11.7 Å². The van der Waals surface area contributed by atoms with Crippen molar-refractivity contribution in [3.8, 4) is 0 Å². The maximum Gasteiger partial charge on any atom is 0.244 e. The molecule has 0 unspecified atom stereocenters. The summed E-state index contributed by atoms with van der Waals surface area (Å²) in [6.07, 6.45) is 2.05. The molecule has 1 amide bonds. The topological polar surface area (TPSA) is 55.1 Å². The van der Waals surface area contributed by atoms with Gasteiger partial charge in [0.2, 0.25) is 5.91 Å². The van der Waals surface area contributed by atoms with E-state index in [4.69, 9.17) is 5.73 Å². The molecule has 86 valence electrons. The lowest BCUT2D eigenvalue weighted by Gasteiger charge is -2.10. The van der Waals surface area contributed by atoms with Crippen molar-refractivity contribution in [2.45, 2.75) is 31.7 Å². The SMILES string of the molecule is CCc1ccc(NC(=O)C2(N)CC2)cc1F. The van der Waals surface area contributed by atoms with Crippen LogP contribution in [0.1, 0.15) is 25.3 Å². The normalized spacial score (nSPS) is 16.9. The average Bonchev–Trinajstić information content (AvgIpc) is 2.98. The zero-order valence-electron chi connectivity index (χ0n) is 9.22. The highest BCUT2D eigenvalue weighted by molar-refractivity contribution is 6.00. The van der Waals surface area contributed by atoms with Crippen molar-refractivity contribution >= 4 is 11.6 Å². The van der Waals surface area contributed by atoms with Gasteiger partial charge in [0.15, 0.2) is 0 Å². The number of nitrogens with one attached hydrogen (secondary N) is 1. The molecule has 1 fully saturated rings. The molecule has 0 spiro atoms. The number of rotatable bonds is 3. The largest absolute Gasteiger partial charge is 0.324 e. The van der Waals surface area contributed by atoms with Gasteiger partial charge in [0.05, 0.1) is 5.54 Å². The summed E-state index contributed by atoms with van der Waals surface area (Å²) in [5.74, 6) is -0.515. The Morgan fingerprint density at radius 1 is 1.56 bits per heavy atom. The third-order valence-electron chi connectivity index (χ3n) is 2.93. The van der Waals surface area contributed by atoms with Crippen molar-refractivity contribution in [2.24, 2.45) is 5.73 Å². The Hall–Kier alpha value is -1.42. The molecule has 1 saturated carbocycles. The predicted molar refractivity (Wildman–Crippen MR) is 60.6 cm³/mol. The molecule has 1 aliphatic rings. The number of hydrogen-bond acceptors (Lipinski definition) is 2. The van der Waals surface area contributed by atoms with Gasteiger partial charge in [-0.2, -0.15) is 0 Å². The van der Waals surface area contributed by atoms with Crippen LogP contribution in [-0.2, 0) is 11.2 Å². The smallest absolute Gasteiger partial charge is 0.244 e. The van der Waals surface area contributed by atoms with Crippen LogP contribution >= 0.6 is 0 Å². The Labute approximate surface area is 93.8 Å². The van der Waals surface area contributed by atoms with Gasteiger partial charge in [-0.1, -0.05) is 13.0 Å². The van der Waals surface area contributed by atoms with Gasteiger partial charge < -0.3 is 11.1 Å². The van der Waals surface area contributed by atoms with Crippen LogP contribution in [0.25, 0.3) is 0 Å². The number of carbonyl (C=O) groups excluding carboxylic acids is 1. The Bertz CT molecular complexity index is 427. The minimum atomic E-state index is -0.722. The Morgan fingerprint density at radius 3 is 2.75 bits per heavy atom. The van der Waals surface area contributed by atoms with Crippen LogP contribution in [0, 0.1) is 5.82 Å². The lowest BCUT2D eigenvalue weighted by Crippen LogP contribution is -2.37. The maximum atomic E-state index is 13.4. The van der Waals surface area contributed by atoms with Crippen molar-refractivity contribution in [3.63, 3.8) is 0 Å². The van der Waals surface area contributed by atoms with Crippen LogP contribution in [0.15, 0.2) is 18.2 Å². The van der Waals surface area contributed by atoms with Crippen LogP contribution in [0.2, 0.25) is 0 Å². The number of amides is 1. The van der Waals surface area contributed by atoms with E-state index in [2.05, 4.69) is 5.32 Å². The number of anilines is 1. The number of benzene rings is 1. The van der Waals surface area contributed by atoms with E-state index < -0.39 is 5.54 Å². The van der Waals surface area contributed by atoms with Crippen molar-refractivity contribution in [2.75, 3.05) is 5.32 Å². The molecule has 2 rings (SSSR count). The van der Waals surface area contributed by atoms with E-state index in [0.29, 0.717) is 30.5 Å². The second-order valence-corrected chi connectivity index (χ2v) is 4.27. The minimum Gasteiger partial charge on any atom is -0.324 e. The quantitative estimate of drug-likeness (QED) is 0.819. The predicted octanol–water partition coefficient (Wildman–Crippen LogP) is 1.82. The fraction of sp³-hybridized carbons (Fsp3) is 0.417. The highest BCUT2D eigenvalue weighted by atomic mass is 19.1. The molecule has 3 nitrogen and oxygen atoms in total. The zero-order chi connectivity index (χ0) is 11.8. The molecular weight excluding hydrogens is 207 g/mol. The molecule has 0 atom stereocenters. The third-order valence-corrected chi connectivity index (χ3v) is 2.93. The van der Waals surface area contributed by atoms with E-state index >= 15 is 0 Å². The summed E-state index contributed by atoms with van der Waals surface area (Å²) < 4.78 is 13.4. The Kier molecular flexibility index (Phi) is 2.68. The van der Waals surface area contributed by atoms with Gasteiger partial charge in [0, 0.05) is 5.69 Å². The second-order valence-electron chi connectivity index (χ2n) is 4.27. The molecule has 0 aromatic heterocycles. The van der Waals surface area contributed by atoms with E-state index in [1.54, 1.807) is 12.1 Å². The molecular formula is C12H15FN2O. The summed E-state index contributed by atoms with van der Waals surface area (Å²) in [6.45, 7) is 1.88. The van der Waals surface area contributed by atoms with E-state index in [1.165, 1.54) is 6.07 Å². The van der Waals surface area contributed by atoms with Gasteiger partial charge in [-0.05, 0) is 37.0 Å². The van der Waals surface area contributed by atoms with Gasteiger partial charge in [-0.3, -0.25) is 4.79 Å². The van der Waals surface area contributed by atoms with Crippen LogP contribution in [-0.4, -0.2) is 11.4 Å². The summed E-state index contributed by atoms with van der Waals surface area (Å²) in [6, 6.07) is 4.72. The molecule has 1 aliphatic carbocycles. The first kappa shape index (κ1) is 11.1. The fourth-order valence-corrected chi connectivity index (χ4v) is 1.53. The molecule has 0 radical (unpaired) electrons. The van der Waals surface area contributed by atoms with Gasteiger partial charge in [0.1, 0.15) is 5.82 Å². The number of hydrogen-bond donors (Lipinski definition) is 2. The Balaban J connectivity index is 2.10. The van der Waals surface area contributed by atoms with Crippen LogP contribution < -0.4 is 11.1 Å². The number of aryl methyl sites for hydroxylation is 1. The summed E-state index contributed by atoms with van der Waals surface area (Å²) in [5, 5.41) is 2.63.